The second kappa shape index (κ2) is 2.67. The molecule has 0 saturated heterocycles. The highest BCUT2D eigenvalue weighted by Crippen LogP contribution is 2.09. The zero-order valence-corrected chi connectivity index (χ0v) is 5.97. The Morgan fingerprint density at radius 2 is 2.30 bits per heavy atom. The zero-order valence-electron chi connectivity index (χ0n) is 5.16. The van der Waals surface area contributed by atoms with Crippen molar-refractivity contribution in [3.05, 3.63) is 11.5 Å². The minimum Gasteiger partial charge on any atom is -0.267 e. The second-order valence-electron chi connectivity index (χ2n) is 1.95. The predicted molar refractivity (Wildman–Crippen MR) is 33.5 cm³/mol. The molecule has 1 aliphatic rings. The fraction of sp³-hybridized carbons (Fsp3) is 0.600. The van der Waals surface area contributed by atoms with Gasteiger partial charge in [-0.3, -0.25) is 4.18 Å². The molecule has 0 aromatic rings. The molecule has 1 heterocycles. The van der Waals surface area contributed by atoms with Gasteiger partial charge in [0, 0.05) is 6.42 Å². The SMILES string of the molecule is O=S1(=O)C=CC(F)CCO1. The van der Waals surface area contributed by atoms with Crippen molar-refractivity contribution in [2.75, 3.05) is 6.61 Å². The Balaban J connectivity index is 2.78. The normalized spacial score (nSPS) is 31.5. The lowest BCUT2D eigenvalue weighted by molar-refractivity contribution is 0.275. The van der Waals surface area contributed by atoms with E-state index >= 15 is 0 Å². The van der Waals surface area contributed by atoms with E-state index in [9.17, 15) is 12.8 Å². The average Bonchev–Trinajstić information content (AvgIpc) is 1.94. The van der Waals surface area contributed by atoms with Gasteiger partial charge in [0.05, 0.1) is 12.0 Å². The van der Waals surface area contributed by atoms with Gasteiger partial charge >= 0.3 is 0 Å². The van der Waals surface area contributed by atoms with Crippen LogP contribution in [0, 0.1) is 0 Å². The summed E-state index contributed by atoms with van der Waals surface area (Å²) in [6, 6.07) is 0. The van der Waals surface area contributed by atoms with Crippen LogP contribution in [0.15, 0.2) is 11.5 Å². The Labute approximate surface area is 58.6 Å². The number of allylic oxidation sites excluding steroid dienone is 1. The van der Waals surface area contributed by atoms with Crippen LogP contribution in [0.3, 0.4) is 0 Å². The molecule has 0 aromatic heterocycles. The van der Waals surface area contributed by atoms with Crippen LogP contribution in [0.25, 0.3) is 0 Å². The average molecular weight is 166 g/mol. The lowest BCUT2D eigenvalue weighted by Gasteiger charge is -1.95. The van der Waals surface area contributed by atoms with Crippen LogP contribution in [0.1, 0.15) is 6.42 Å². The van der Waals surface area contributed by atoms with E-state index in [4.69, 9.17) is 0 Å². The molecule has 3 nitrogen and oxygen atoms in total. The van der Waals surface area contributed by atoms with Crippen molar-refractivity contribution >= 4 is 10.1 Å². The summed E-state index contributed by atoms with van der Waals surface area (Å²) in [7, 11) is -3.57. The van der Waals surface area contributed by atoms with Gasteiger partial charge < -0.3 is 0 Å². The lowest BCUT2D eigenvalue weighted by Crippen LogP contribution is -2.02. The van der Waals surface area contributed by atoms with E-state index in [1.165, 1.54) is 0 Å². The fourth-order valence-corrected chi connectivity index (χ4v) is 1.36. The molecule has 0 aliphatic carbocycles. The van der Waals surface area contributed by atoms with Gasteiger partial charge in [-0.25, -0.2) is 4.39 Å². The van der Waals surface area contributed by atoms with E-state index < -0.39 is 16.3 Å². The summed E-state index contributed by atoms with van der Waals surface area (Å²) < 4.78 is 37.7. The van der Waals surface area contributed by atoms with E-state index in [0.29, 0.717) is 0 Å². The Hall–Kier alpha value is -0.420. The predicted octanol–water partition coefficient (Wildman–Crippen LogP) is 0.588. The van der Waals surface area contributed by atoms with E-state index in [2.05, 4.69) is 4.18 Å². The molecule has 0 radical (unpaired) electrons. The van der Waals surface area contributed by atoms with E-state index in [-0.39, 0.29) is 13.0 Å². The quantitative estimate of drug-likeness (QED) is 0.494. The molecule has 58 valence electrons. The van der Waals surface area contributed by atoms with Gasteiger partial charge in [0.15, 0.2) is 0 Å². The first-order valence-electron chi connectivity index (χ1n) is 2.82. The van der Waals surface area contributed by atoms with Crippen LogP contribution >= 0.6 is 0 Å². The Kier molecular flexibility index (Phi) is 2.05. The number of alkyl halides is 1. The van der Waals surface area contributed by atoms with Crippen molar-refractivity contribution < 1.29 is 17.0 Å². The minimum atomic E-state index is -3.57. The standard InChI is InChI=1S/C5H7FO3S/c6-5-1-3-9-10(7,8)4-2-5/h2,4-5H,1,3H2. The zero-order chi connectivity index (χ0) is 7.61. The highest BCUT2D eigenvalue weighted by atomic mass is 32.2. The van der Waals surface area contributed by atoms with Gasteiger partial charge in [0.2, 0.25) is 0 Å². The smallest absolute Gasteiger partial charge is 0.267 e. The largest absolute Gasteiger partial charge is 0.289 e. The molecule has 0 spiro atoms. The summed E-state index contributed by atoms with van der Waals surface area (Å²) >= 11 is 0. The van der Waals surface area contributed by atoms with Gasteiger partial charge in [-0.1, -0.05) is 0 Å². The molecule has 0 amide bonds. The molecule has 1 atom stereocenters. The van der Waals surface area contributed by atoms with Crippen molar-refractivity contribution in [1.82, 2.24) is 0 Å². The van der Waals surface area contributed by atoms with Crippen LogP contribution in [0.4, 0.5) is 4.39 Å². The first kappa shape index (κ1) is 7.68. The second-order valence-corrected chi connectivity index (χ2v) is 3.44. The molecule has 1 unspecified atom stereocenters. The van der Waals surface area contributed by atoms with Crippen LogP contribution < -0.4 is 0 Å². The summed E-state index contributed by atoms with van der Waals surface area (Å²) in [6.07, 6.45) is -0.102. The lowest BCUT2D eigenvalue weighted by atomic mass is 10.3. The molecule has 10 heavy (non-hydrogen) atoms. The van der Waals surface area contributed by atoms with Crippen LogP contribution in [-0.4, -0.2) is 21.2 Å². The highest BCUT2D eigenvalue weighted by Gasteiger charge is 2.13. The Bertz CT molecular complexity index is 231. The number of halogens is 1. The molecule has 5 heteroatoms. The first-order valence-corrected chi connectivity index (χ1v) is 4.29. The maximum Gasteiger partial charge on any atom is 0.289 e. The van der Waals surface area contributed by atoms with Crippen molar-refractivity contribution in [3.63, 3.8) is 0 Å². The minimum absolute atomic E-state index is 0.0729. The topological polar surface area (TPSA) is 43.4 Å². The third kappa shape index (κ3) is 2.07. The number of hydrogen-bond acceptors (Lipinski definition) is 3. The summed E-state index contributed by atoms with van der Waals surface area (Å²) in [4.78, 5) is 0. The monoisotopic (exact) mass is 166 g/mol. The Morgan fingerprint density at radius 1 is 1.60 bits per heavy atom. The third-order valence-corrected chi connectivity index (χ3v) is 2.08. The summed E-state index contributed by atoms with van der Waals surface area (Å²) in [5.41, 5.74) is 0. The molecular weight excluding hydrogens is 159 g/mol. The van der Waals surface area contributed by atoms with Gasteiger partial charge in [0.1, 0.15) is 6.17 Å². The van der Waals surface area contributed by atoms with E-state index in [1.807, 2.05) is 0 Å². The number of rotatable bonds is 0. The van der Waals surface area contributed by atoms with Crippen molar-refractivity contribution in [2.24, 2.45) is 0 Å². The molecule has 0 bridgehead atoms. The van der Waals surface area contributed by atoms with Crippen LogP contribution in [0.2, 0.25) is 0 Å². The third-order valence-electron chi connectivity index (χ3n) is 1.10. The summed E-state index contributed by atoms with van der Waals surface area (Å²) in [5, 5.41) is 0.755. The maximum atomic E-state index is 12.4. The molecule has 0 N–H and O–H groups in total. The highest BCUT2D eigenvalue weighted by molar-refractivity contribution is 7.89. The van der Waals surface area contributed by atoms with Gasteiger partial charge in [-0.2, -0.15) is 8.42 Å². The van der Waals surface area contributed by atoms with Crippen molar-refractivity contribution in [3.8, 4) is 0 Å². The summed E-state index contributed by atoms with van der Waals surface area (Å²) in [6.45, 7) is -0.0729. The van der Waals surface area contributed by atoms with Crippen LogP contribution in [0.5, 0.6) is 0 Å². The molecular formula is C5H7FO3S. The number of hydrogen-bond donors (Lipinski definition) is 0. The van der Waals surface area contributed by atoms with Gasteiger partial charge in [0.25, 0.3) is 10.1 Å². The van der Waals surface area contributed by atoms with E-state index in [0.717, 1.165) is 11.5 Å². The van der Waals surface area contributed by atoms with E-state index in [1.54, 1.807) is 0 Å². The molecule has 1 aliphatic heterocycles. The fourth-order valence-electron chi connectivity index (χ4n) is 0.594. The molecule has 0 aromatic carbocycles. The summed E-state index contributed by atoms with van der Waals surface area (Å²) in [5.74, 6) is 0. The van der Waals surface area contributed by atoms with Crippen LogP contribution in [-0.2, 0) is 14.3 Å². The molecule has 1 rings (SSSR count). The van der Waals surface area contributed by atoms with Crippen molar-refractivity contribution in [1.29, 1.82) is 0 Å². The molecule has 0 saturated carbocycles. The maximum absolute atomic E-state index is 12.4. The van der Waals surface area contributed by atoms with Gasteiger partial charge in [-0.15, -0.1) is 0 Å². The Morgan fingerprint density at radius 3 is 3.00 bits per heavy atom. The van der Waals surface area contributed by atoms with Gasteiger partial charge in [-0.05, 0) is 6.08 Å². The first-order chi connectivity index (χ1) is 4.60. The van der Waals surface area contributed by atoms with Crippen molar-refractivity contribution in [2.45, 2.75) is 12.6 Å². The molecule has 0 fully saturated rings.